The van der Waals surface area contributed by atoms with E-state index in [1.54, 1.807) is 36.1 Å². The van der Waals surface area contributed by atoms with Gasteiger partial charge in [0.05, 0.1) is 28.2 Å². The molecule has 2 aromatic carbocycles. The van der Waals surface area contributed by atoms with E-state index in [1.165, 1.54) is 11.3 Å². The van der Waals surface area contributed by atoms with Crippen molar-refractivity contribution in [1.29, 1.82) is 0 Å². The largest absolute Gasteiger partial charge is 0.481 e. The van der Waals surface area contributed by atoms with Crippen LogP contribution in [-0.2, 0) is 20.4 Å². The molecule has 0 bridgehead atoms. The molecule has 0 aliphatic carbocycles. The van der Waals surface area contributed by atoms with Gasteiger partial charge in [0, 0.05) is 35.6 Å². The second-order valence-corrected chi connectivity index (χ2v) is 10.6. The van der Waals surface area contributed by atoms with Gasteiger partial charge in [-0.1, -0.05) is 24.3 Å². The van der Waals surface area contributed by atoms with E-state index in [0.717, 1.165) is 40.3 Å². The second-order valence-electron chi connectivity index (χ2n) is 7.64. The summed E-state index contributed by atoms with van der Waals surface area (Å²) in [6, 6.07) is 16.9. The summed E-state index contributed by atoms with van der Waals surface area (Å²) >= 11 is 1.34. The number of fused-ring (bicyclic) bond motifs is 1. The number of carboxylic acid groups (broad SMARTS) is 1. The Bertz CT molecular complexity index is 1570. The molecule has 178 valence electrons. The second kappa shape index (κ2) is 10.2. The number of carboxylic acids is 1. The molecule has 35 heavy (non-hydrogen) atoms. The Morgan fingerprint density at radius 3 is 2.49 bits per heavy atom. The highest BCUT2D eigenvalue weighted by atomic mass is 32.2. The lowest BCUT2D eigenvalue weighted by molar-refractivity contribution is -0.134. The van der Waals surface area contributed by atoms with Crippen LogP contribution < -0.4 is 0 Å². The number of aromatic nitrogens is 4. The van der Waals surface area contributed by atoms with Crippen LogP contribution in [0.1, 0.15) is 17.6 Å². The molecular weight excluding hydrogens is 484 g/mol. The van der Waals surface area contributed by atoms with Crippen LogP contribution in [0.5, 0.6) is 0 Å². The predicted molar refractivity (Wildman–Crippen MR) is 135 cm³/mol. The fourth-order valence-corrected chi connectivity index (χ4v) is 5.89. The summed E-state index contributed by atoms with van der Waals surface area (Å²) in [7, 11) is -3.48. The number of para-hydroxylation sites is 1. The van der Waals surface area contributed by atoms with Crippen molar-refractivity contribution in [3.63, 3.8) is 0 Å². The van der Waals surface area contributed by atoms with Crippen LogP contribution in [0.3, 0.4) is 0 Å². The lowest BCUT2D eigenvalue weighted by Crippen LogP contribution is -2.04. The van der Waals surface area contributed by atoms with Crippen molar-refractivity contribution in [2.45, 2.75) is 24.5 Å². The number of hydrogen-bond donors (Lipinski definition) is 1. The molecule has 0 radical (unpaired) electrons. The molecule has 0 aliphatic rings. The molecule has 0 fully saturated rings. The van der Waals surface area contributed by atoms with Gasteiger partial charge in [-0.25, -0.2) is 18.1 Å². The average Bonchev–Trinajstić information content (AvgIpc) is 3.47. The molecule has 0 unspecified atom stereocenters. The lowest BCUT2D eigenvalue weighted by atomic mass is 10.0. The summed E-state index contributed by atoms with van der Waals surface area (Å²) in [5.41, 5.74) is 3.63. The summed E-state index contributed by atoms with van der Waals surface area (Å²) in [6.45, 7) is 3.09. The van der Waals surface area contributed by atoms with Gasteiger partial charge in [-0.15, -0.1) is 11.3 Å². The first-order valence-corrected chi connectivity index (χ1v) is 13.1. The maximum Gasteiger partial charge on any atom is 0.300 e. The first kappa shape index (κ1) is 24.2. The number of hydrogen-bond acceptors (Lipinski definition) is 7. The van der Waals surface area contributed by atoms with E-state index in [2.05, 4.69) is 15.1 Å². The van der Waals surface area contributed by atoms with Crippen molar-refractivity contribution in [1.82, 2.24) is 19.7 Å². The van der Waals surface area contributed by atoms with E-state index in [1.807, 2.05) is 54.1 Å². The topological polar surface area (TPSA) is 115 Å². The molecule has 0 saturated carbocycles. The maximum absolute atomic E-state index is 12.9. The molecule has 0 amide bonds. The zero-order valence-electron chi connectivity index (χ0n) is 19.0. The quantitative estimate of drug-likeness (QED) is 0.360. The smallest absolute Gasteiger partial charge is 0.300 e. The molecule has 0 atom stereocenters. The van der Waals surface area contributed by atoms with E-state index in [0.29, 0.717) is 5.01 Å². The number of benzene rings is 2. The number of thiazole rings is 1. The van der Waals surface area contributed by atoms with Gasteiger partial charge in [0.1, 0.15) is 10.8 Å². The Morgan fingerprint density at radius 1 is 1.06 bits per heavy atom. The monoisotopic (exact) mass is 506 g/mol. The SMILES string of the molecule is CC(=O)O.Cc1c(-c2nccc3cc(S(=O)(=O)Cc4nccs4)ccc23)cnn1-c1ccccc1. The standard InChI is InChI=1S/C23H18N4O2S2.C2H4O2/c1-16-21(14-26-27(16)18-5-3-2-4-6-18)23-20-8-7-19(13-17(20)9-10-25-23)31(28,29)15-22-24-11-12-30-22;1-2(3)4/h2-14H,15H2,1H3;1H3,(H,3,4). The third kappa shape index (κ3) is 5.44. The number of carbonyl (C=O) groups is 1. The van der Waals surface area contributed by atoms with E-state index >= 15 is 0 Å². The molecule has 5 aromatic rings. The minimum absolute atomic E-state index is 0.100. The van der Waals surface area contributed by atoms with Gasteiger partial charge in [-0.05, 0) is 42.6 Å². The van der Waals surface area contributed by atoms with Crippen molar-refractivity contribution in [3.8, 4) is 16.9 Å². The molecule has 5 rings (SSSR count). The van der Waals surface area contributed by atoms with Crippen molar-refractivity contribution >= 4 is 37.9 Å². The number of pyridine rings is 1. The zero-order chi connectivity index (χ0) is 25.0. The lowest BCUT2D eigenvalue weighted by Gasteiger charge is -2.09. The van der Waals surface area contributed by atoms with Crippen LogP contribution in [0.4, 0.5) is 0 Å². The van der Waals surface area contributed by atoms with Crippen molar-refractivity contribution in [2.75, 3.05) is 0 Å². The molecule has 1 N–H and O–H groups in total. The van der Waals surface area contributed by atoms with Crippen molar-refractivity contribution in [3.05, 3.63) is 89.3 Å². The van der Waals surface area contributed by atoms with E-state index in [-0.39, 0.29) is 10.6 Å². The number of aliphatic carboxylic acids is 1. The summed E-state index contributed by atoms with van der Waals surface area (Å²) < 4.78 is 27.6. The third-order valence-corrected chi connectivity index (χ3v) is 7.75. The molecule has 0 spiro atoms. The summed E-state index contributed by atoms with van der Waals surface area (Å²) in [6.07, 6.45) is 5.12. The van der Waals surface area contributed by atoms with Crippen LogP contribution in [0.15, 0.2) is 83.5 Å². The van der Waals surface area contributed by atoms with Gasteiger partial charge in [-0.2, -0.15) is 5.10 Å². The normalized spacial score (nSPS) is 11.1. The average molecular weight is 507 g/mol. The molecule has 3 heterocycles. The van der Waals surface area contributed by atoms with Gasteiger partial charge in [0.15, 0.2) is 9.84 Å². The minimum Gasteiger partial charge on any atom is -0.481 e. The summed E-state index contributed by atoms with van der Waals surface area (Å²) in [5, 5.41) is 16.0. The number of sulfone groups is 1. The Kier molecular flexibility index (Phi) is 7.04. The Labute approximate surface area is 206 Å². The van der Waals surface area contributed by atoms with E-state index in [4.69, 9.17) is 9.90 Å². The van der Waals surface area contributed by atoms with Crippen LogP contribution in [-0.4, -0.2) is 39.2 Å². The molecular formula is C25H22N4O4S2. The summed E-state index contributed by atoms with van der Waals surface area (Å²) in [5.74, 6) is -0.933. The Morgan fingerprint density at radius 2 is 1.80 bits per heavy atom. The Balaban J connectivity index is 0.000000672. The highest BCUT2D eigenvalue weighted by molar-refractivity contribution is 7.90. The van der Waals surface area contributed by atoms with Crippen molar-refractivity contribution in [2.24, 2.45) is 0 Å². The van der Waals surface area contributed by atoms with E-state index < -0.39 is 15.8 Å². The van der Waals surface area contributed by atoms with Crippen LogP contribution in [0.25, 0.3) is 27.7 Å². The highest BCUT2D eigenvalue weighted by Gasteiger charge is 2.19. The van der Waals surface area contributed by atoms with Gasteiger partial charge in [0.2, 0.25) is 0 Å². The van der Waals surface area contributed by atoms with E-state index in [9.17, 15) is 8.42 Å². The fraction of sp³-hybridized carbons (Fsp3) is 0.120. The highest BCUT2D eigenvalue weighted by Crippen LogP contribution is 2.31. The first-order valence-electron chi connectivity index (χ1n) is 10.6. The molecule has 3 aromatic heterocycles. The van der Waals surface area contributed by atoms with Gasteiger partial charge < -0.3 is 5.11 Å². The van der Waals surface area contributed by atoms with Crippen LogP contribution in [0, 0.1) is 6.92 Å². The minimum atomic E-state index is -3.48. The van der Waals surface area contributed by atoms with Crippen LogP contribution >= 0.6 is 11.3 Å². The maximum atomic E-state index is 12.9. The fourth-order valence-electron chi connectivity index (χ4n) is 3.61. The number of nitrogens with zero attached hydrogens (tertiary/aromatic N) is 4. The predicted octanol–water partition coefficient (Wildman–Crippen LogP) is 4.92. The van der Waals surface area contributed by atoms with Crippen molar-refractivity contribution < 1.29 is 18.3 Å². The van der Waals surface area contributed by atoms with Gasteiger partial charge >= 0.3 is 0 Å². The molecule has 0 aliphatic heterocycles. The molecule has 8 nitrogen and oxygen atoms in total. The number of rotatable bonds is 5. The Hall–Kier alpha value is -3.89. The molecule has 0 saturated heterocycles. The first-order chi connectivity index (χ1) is 16.8. The van der Waals surface area contributed by atoms with Gasteiger partial charge in [-0.3, -0.25) is 9.78 Å². The third-order valence-electron chi connectivity index (χ3n) is 5.16. The summed E-state index contributed by atoms with van der Waals surface area (Å²) in [4.78, 5) is 18.0. The van der Waals surface area contributed by atoms with Crippen LogP contribution in [0.2, 0.25) is 0 Å². The van der Waals surface area contributed by atoms with Gasteiger partial charge in [0.25, 0.3) is 5.97 Å². The molecule has 10 heteroatoms. The zero-order valence-corrected chi connectivity index (χ0v) is 20.6.